The Morgan fingerprint density at radius 3 is 3.17 bits per heavy atom. The summed E-state index contributed by atoms with van der Waals surface area (Å²) in [5, 5.41) is 12.6. The molecule has 1 aromatic carbocycles. The summed E-state index contributed by atoms with van der Waals surface area (Å²) in [5.74, 6) is 0.511. The van der Waals surface area contributed by atoms with E-state index in [2.05, 4.69) is 5.32 Å². The molecule has 1 atom stereocenters. The normalized spacial score (nSPS) is 18.0. The molecule has 0 saturated heterocycles. The number of likely N-dealkylation sites (N-methyl/N-ethyl adjacent to an activating group) is 1. The number of fused-ring (bicyclic) bond motifs is 1. The third kappa shape index (κ3) is 3.01. The van der Waals surface area contributed by atoms with Gasteiger partial charge in [-0.05, 0) is 49.4 Å². The fraction of sp³-hybridized carbons (Fsp3) is 0.500. The van der Waals surface area contributed by atoms with Crippen molar-refractivity contribution in [2.75, 3.05) is 13.2 Å². The minimum atomic E-state index is -0.401. The number of carbonyl (C=O) groups excluding carboxylic acids is 1. The fourth-order valence-electron chi connectivity index (χ4n) is 2.24. The Bertz CT molecular complexity index is 431. The van der Waals surface area contributed by atoms with Gasteiger partial charge in [0.25, 0.3) is 5.91 Å². The third-order valence-electron chi connectivity index (χ3n) is 3.14. The van der Waals surface area contributed by atoms with Gasteiger partial charge in [-0.25, -0.2) is 0 Å². The van der Waals surface area contributed by atoms with Crippen molar-refractivity contribution in [3.8, 4) is 5.75 Å². The summed E-state index contributed by atoms with van der Waals surface area (Å²) >= 11 is 0. The van der Waals surface area contributed by atoms with E-state index in [1.165, 1.54) is 5.56 Å². The molecule has 2 rings (SSSR count). The Balaban J connectivity index is 2.02. The Morgan fingerprint density at radius 1 is 1.56 bits per heavy atom. The number of carbonyl (C=O) groups is 1. The van der Waals surface area contributed by atoms with Gasteiger partial charge in [-0.15, -0.1) is 0 Å². The van der Waals surface area contributed by atoms with Crippen molar-refractivity contribution in [1.82, 2.24) is 5.32 Å². The Labute approximate surface area is 107 Å². The second-order valence-corrected chi connectivity index (χ2v) is 4.51. The molecule has 2 N–H and O–H groups in total. The molecule has 0 saturated carbocycles. The maximum absolute atomic E-state index is 11.3. The van der Waals surface area contributed by atoms with E-state index in [9.17, 15) is 9.90 Å². The number of aliphatic hydroxyl groups is 1. The molecule has 1 amide bonds. The zero-order valence-electron chi connectivity index (χ0n) is 10.6. The first-order valence-corrected chi connectivity index (χ1v) is 6.41. The van der Waals surface area contributed by atoms with Crippen LogP contribution in [-0.4, -0.2) is 24.2 Å². The molecule has 1 aromatic rings. The van der Waals surface area contributed by atoms with Crippen LogP contribution in [0.2, 0.25) is 0 Å². The molecule has 0 radical (unpaired) electrons. The number of ether oxygens (including phenoxy) is 1. The predicted octanol–water partition coefficient (Wildman–Crippen LogP) is 1.57. The smallest absolute Gasteiger partial charge is 0.257 e. The zero-order chi connectivity index (χ0) is 13.0. The SMILES string of the molecule is CCNC(=O)COc1ccc2c(c1)[C@H](O)CCC2. The lowest BCUT2D eigenvalue weighted by atomic mass is 9.89. The van der Waals surface area contributed by atoms with Gasteiger partial charge in [-0.1, -0.05) is 6.07 Å². The molecule has 1 aliphatic rings. The van der Waals surface area contributed by atoms with Gasteiger partial charge in [-0.3, -0.25) is 4.79 Å². The quantitative estimate of drug-likeness (QED) is 0.851. The number of aliphatic hydroxyl groups excluding tert-OH is 1. The maximum atomic E-state index is 11.3. The molecule has 0 fully saturated rings. The first kappa shape index (κ1) is 12.9. The highest BCUT2D eigenvalue weighted by molar-refractivity contribution is 5.77. The number of rotatable bonds is 4. The summed E-state index contributed by atoms with van der Waals surface area (Å²) in [6.07, 6.45) is 2.42. The summed E-state index contributed by atoms with van der Waals surface area (Å²) in [4.78, 5) is 11.3. The lowest BCUT2D eigenvalue weighted by molar-refractivity contribution is -0.122. The monoisotopic (exact) mass is 249 g/mol. The second-order valence-electron chi connectivity index (χ2n) is 4.51. The van der Waals surface area contributed by atoms with Crippen LogP contribution in [-0.2, 0) is 11.2 Å². The lowest BCUT2D eigenvalue weighted by Gasteiger charge is -2.21. The van der Waals surface area contributed by atoms with Gasteiger partial charge in [0.2, 0.25) is 0 Å². The standard InChI is InChI=1S/C14H19NO3/c1-2-15-14(17)9-18-11-7-6-10-4-3-5-13(16)12(10)8-11/h6-8,13,16H,2-5,9H2,1H3,(H,15,17)/t13-/m1/s1. The highest BCUT2D eigenvalue weighted by Gasteiger charge is 2.18. The minimum absolute atomic E-state index is 0.0166. The topological polar surface area (TPSA) is 58.6 Å². The molecule has 1 aliphatic carbocycles. The molecule has 0 unspecified atom stereocenters. The van der Waals surface area contributed by atoms with Gasteiger partial charge in [0.1, 0.15) is 5.75 Å². The molecule has 18 heavy (non-hydrogen) atoms. The number of benzene rings is 1. The summed E-state index contributed by atoms with van der Waals surface area (Å²) in [7, 11) is 0. The first-order valence-electron chi connectivity index (χ1n) is 6.41. The Morgan fingerprint density at radius 2 is 2.39 bits per heavy atom. The first-order chi connectivity index (χ1) is 8.70. The van der Waals surface area contributed by atoms with Crippen molar-refractivity contribution < 1.29 is 14.6 Å². The van der Waals surface area contributed by atoms with Gasteiger partial charge in [0, 0.05) is 6.54 Å². The molecule has 0 bridgehead atoms. The molecule has 0 aromatic heterocycles. The highest BCUT2D eigenvalue weighted by Crippen LogP contribution is 2.32. The maximum Gasteiger partial charge on any atom is 0.257 e. The predicted molar refractivity (Wildman–Crippen MR) is 68.5 cm³/mol. The molecule has 0 heterocycles. The zero-order valence-corrected chi connectivity index (χ0v) is 10.6. The number of amides is 1. The average Bonchev–Trinajstić information content (AvgIpc) is 2.37. The molecule has 98 valence electrons. The van der Waals surface area contributed by atoms with Crippen molar-refractivity contribution in [2.45, 2.75) is 32.3 Å². The Hall–Kier alpha value is -1.55. The van der Waals surface area contributed by atoms with Crippen molar-refractivity contribution in [1.29, 1.82) is 0 Å². The van der Waals surface area contributed by atoms with Gasteiger partial charge >= 0.3 is 0 Å². The van der Waals surface area contributed by atoms with Gasteiger partial charge < -0.3 is 15.2 Å². The van der Waals surface area contributed by atoms with Crippen molar-refractivity contribution >= 4 is 5.91 Å². The third-order valence-corrected chi connectivity index (χ3v) is 3.14. The van der Waals surface area contributed by atoms with Crippen LogP contribution in [0.15, 0.2) is 18.2 Å². The van der Waals surface area contributed by atoms with Crippen molar-refractivity contribution in [3.63, 3.8) is 0 Å². The van der Waals surface area contributed by atoms with E-state index in [-0.39, 0.29) is 12.5 Å². The summed E-state index contributed by atoms with van der Waals surface area (Å²) in [6.45, 7) is 2.49. The molecular weight excluding hydrogens is 230 g/mol. The van der Waals surface area contributed by atoms with Gasteiger partial charge in [0.15, 0.2) is 6.61 Å². The van der Waals surface area contributed by atoms with E-state index in [1.54, 1.807) is 0 Å². The molecule has 4 heteroatoms. The van der Waals surface area contributed by atoms with Crippen LogP contribution >= 0.6 is 0 Å². The fourth-order valence-corrected chi connectivity index (χ4v) is 2.24. The van der Waals surface area contributed by atoms with E-state index in [0.29, 0.717) is 12.3 Å². The molecule has 0 aliphatic heterocycles. The van der Waals surface area contributed by atoms with Crippen LogP contribution in [0.25, 0.3) is 0 Å². The summed E-state index contributed by atoms with van der Waals surface area (Å²) < 4.78 is 5.41. The highest BCUT2D eigenvalue weighted by atomic mass is 16.5. The van der Waals surface area contributed by atoms with Gasteiger partial charge in [-0.2, -0.15) is 0 Å². The van der Waals surface area contributed by atoms with Crippen LogP contribution < -0.4 is 10.1 Å². The number of nitrogens with one attached hydrogen (secondary N) is 1. The Kier molecular flexibility index (Phi) is 4.20. The number of hydrogen-bond donors (Lipinski definition) is 2. The second kappa shape index (κ2) is 5.87. The van der Waals surface area contributed by atoms with E-state index in [4.69, 9.17) is 4.74 Å². The van der Waals surface area contributed by atoms with Crippen LogP contribution in [0.3, 0.4) is 0 Å². The van der Waals surface area contributed by atoms with Crippen LogP contribution in [0.1, 0.15) is 37.0 Å². The molecule has 0 spiro atoms. The van der Waals surface area contributed by atoms with E-state index >= 15 is 0 Å². The van der Waals surface area contributed by atoms with Crippen LogP contribution in [0, 0.1) is 0 Å². The summed E-state index contributed by atoms with van der Waals surface area (Å²) in [5.41, 5.74) is 2.12. The minimum Gasteiger partial charge on any atom is -0.484 e. The van der Waals surface area contributed by atoms with Gasteiger partial charge in [0.05, 0.1) is 6.10 Å². The molecule has 4 nitrogen and oxygen atoms in total. The molecular formula is C14H19NO3. The van der Waals surface area contributed by atoms with E-state index < -0.39 is 6.10 Å². The number of aryl methyl sites for hydroxylation is 1. The summed E-state index contributed by atoms with van der Waals surface area (Å²) in [6, 6.07) is 5.68. The number of hydrogen-bond acceptors (Lipinski definition) is 3. The van der Waals surface area contributed by atoms with Crippen molar-refractivity contribution in [3.05, 3.63) is 29.3 Å². The van der Waals surface area contributed by atoms with E-state index in [1.807, 2.05) is 25.1 Å². The van der Waals surface area contributed by atoms with Crippen LogP contribution in [0.5, 0.6) is 5.75 Å². The average molecular weight is 249 g/mol. The van der Waals surface area contributed by atoms with Crippen molar-refractivity contribution in [2.24, 2.45) is 0 Å². The lowest BCUT2D eigenvalue weighted by Crippen LogP contribution is -2.28. The largest absolute Gasteiger partial charge is 0.484 e. The van der Waals surface area contributed by atoms with Crippen LogP contribution in [0.4, 0.5) is 0 Å². The van der Waals surface area contributed by atoms with E-state index in [0.717, 1.165) is 24.8 Å².